The van der Waals surface area contributed by atoms with Crippen LogP contribution in [0.5, 0.6) is 0 Å². The lowest BCUT2D eigenvalue weighted by atomic mass is 10.3. The zero-order valence-electron chi connectivity index (χ0n) is 7.78. The number of hydrogen-bond acceptors (Lipinski definition) is 3. The van der Waals surface area contributed by atoms with Gasteiger partial charge in [-0.3, -0.25) is 4.79 Å². The monoisotopic (exact) mass is 245 g/mol. The van der Waals surface area contributed by atoms with Gasteiger partial charge in [-0.05, 0) is 6.07 Å². The molecule has 1 atom stereocenters. The van der Waals surface area contributed by atoms with Crippen LogP contribution < -0.4 is 10.6 Å². The maximum absolute atomic E-state index is 11.6. The number of anilines is 2. The standard InChI is InChI=1S/C9H9Cl2N3O/c10-5-1-7(9(12)13-3-5)14-4-6(11)2-8(14)15/h1,3,6H,2,4H2,(H2,12,13). The molecule has 1 saturated heterocycles. The van der Waals surface area contributed by atoms with E-state index in [4.69, 9.17) is 28.9 Å². The van der Waals surface area contributed by atoms with Gasteiger partial charge in [0.1, 0.15) is 5.82 Å². The molecule has 80 valence electrons. The summed E-state index contributed by atoms with van der Waals surface area (Å²) in [5.41, 5.74) is 6.21. The van der Waals surface area contributed by atoms with Gasteiger partial charge in [0.15, 0.2) is 0 Å². The van der Waals surface area contributed by atoms with Gasteiger partial charge >= 0.3 is 0 Å². The predicted molar refractivity (Wildman–Crippen MR) is 60.3 cm³/mol. The van der Waals surface area contributed by atoms with Crippen molar-refractivity contribution >= 4 is 40.6 Å². The molecule has 0 aromatic carbocycles. The number of carbonyl (C=O) groups excluding carboxylic acids is 1. The predicted octanol–water partition coefficient (Wildman–Crippen LogP) is 1.66. The molecule has 0 bridgehead atoms. The summed E-state index contributed by atoms with van der Waals surface area (Å²) in [7, 11) is 0. The zero-order valence-corrected chi connectivity index (χ0v) is 9.29. The SMILES string of the molecule is Nc1ncc(Cl)cc1N1CC(Cl)CC1=O. The van der Waals surface area contributed by atoms with Crippen LogP contribution in [0.1, 0.15) is 6.42 Å². The second kappa shape index (κ2) is 3.87. The second-order valence-corrected chi connectivity index (χ2v) is 4.42. The van der Waals surface area contributed by atoms with Gasteiger partial charge in [0, 0.05) is 19.2 Å². The summed E-state index contributed by atoms with van der Waals surface area (Å²) in [5.74, 6) is 0.240. The number of halogens is 2. The Kier molecular flexibility index (Phi) is 2.71. The summed E-state index contributed by atoms with van der Waals surface area (Å²) in [6.45, 7) is 0.451. The normalized spacial score (nSPS) is 21.1. The molecule has 1 unspecified atom stereocenters. The topological polar surface area (TPSA) is 59.2 Å². The molecular formula is C9H9Cl2N3O. The molecule has 1 fully saturated rings. The van der Waals surface area contributed by atoms with Crippen molar-refractivity contribution in [3.63, 3.8) is 0 Å². The van der Waals surface area contributed by atoms with Crippen LogP contribution in [0.15, 0.2) is 12.3 Å². The van der Waals surface area contributed by atoms with Crippen LogP contribution in [0.2, 0.25) is 5.02 Å². The quantitative estimate of drug-likeness (QED) is 0.766. The number of nitrogens with two attached hydrogens (primary N) is 1. The number of carbonyl (C=O) groups is 1. The van der Waals surface area contributed by atoms with Crippen LogP contribution in [0.3, 0.4) is 0 Å². The number of rotatable bonds is 1. The Hall–Kier alpha value is -1.00. The number of nitrogens with zero attached hydrogens (tertiary/aromatic N) is 2. The van der Waals surface area contributed by atoms with Gasteiger partial charge in [-0.25, -0.2) is 4.98 Å². The lowest BCUT2D eigenvalue weighted by molar-refractivity contribution is -0.117. The van der Waals surface area contributed by atoms with E-state index in [1.807, 2.05) is 0 Å². The average Bonchev–Trinajstić information content (AvgIpc) is 2.50. The molecule has 1 aliphatic heterocycles. The smallest absolute Gasteiger partial charge is 0.228 e. The molecule has 6 heteroatoms. The van der Waals surface area contributed by atoms with E-state index in [9.17, 15) is 4.79 Å². The van der Waals surface area contributed by atoms with Gasteiger partial charge in [0.05, 0.1) is 16.1 Å². The first-order chi connectivity index (χ1) is 7.08. The Balaban J connectivity index is 2.37. The molecular weight excluding hydrogens is 237 g/mol. The number of amides is 1. The van der Waals surface area contributed by atoms with E-state index in [1.54, 1.807) is 6.07 Å². The van der Waals surface area contributed by atoms with E-state index < -0.39 is 0 Å². The highest BCUT2D eigenvalue weighted by molar-refractivity contribution is 6.31. The van der Waals surface area contributed by atoms with Crippen LogP contribution in [-0.4, -0.2) is 22.8 Å². The molecule has 2 rings (SSSR count). The molecule has 1 aromatic heterocycles. The first kappa shape index (κ1) is 10.5. The van der Waals surface area contributed by atoms with Crippen LogP contribution in [-0.2, 0) is 4.79 Å². The van der Waals surface area contributed by atoms with Crippen LogP contribution in [0.4, 0.5) is 11.5 Å². The average molecular weight is 246 g/mol. The number of aromatic nitrogens is 1. The first-order valence-corrected chi connectivity index (χ1v) is 5.25. The Labute approximate surface area is 97.0 Å². The van der Waals surface area contributed by atoms with Gasteiger partial charge in [0.25, 0.3) is 0 Å². The van der Waals surface area contributed by atoms with Crippen LogP contribution >= 0.6 is 23.2 Å². The van der Waals surface area contributed by atoms with Crippen molar-refractivity contribution < 1.29 is 4.79 Å². The fraction of sp³-hybridized carbons (Fsp3) is 0.333. The molecule has 2 N–H and O–H groups in total. The summed E-state index contributed by atoms with van der Waals surface area (Å²) in [6.07, 6.45) is 1.77. The number of nitrogen functional groups attached to an aromatic ring is 1. The van der Waals surface area contributed by atoms with Gasteiger partial charge in [-0.1, -0.05) is 11.6 Å². The lowest BCUT2D eigenvalue weighted by Gasteiger charge is -2.17. The van der Waals surface area contributed by atoms with Gasteiger partial charge in [-0.15, -0.1) is 11.6 Å². The summed E-state index contributed by atoms with van der Waals surface area (Å²) in [5, 5.41) is 0.279. The maximum Gasteiger partial charge on any atom is 0.228 e. The maximum atomic E-state index is 11.6. The van der Waals surface area contributed by atoms with Crippen molar-refractivity contribution in [2.24, 2.45) is 0 Å². The third-order valence-corrected chi connectivity index (χ3v) is 2.73. The third kappa shape index (κ3) is 2.01. The molecule has 1 aliphatic rings. The zero-order chi connectivity index (χ0) is 11.0. The van der Waals surface area contributed by atoms with Crippen LogP contribution in [0, 0.1) is 0 Å². The molecule has 4 nitrogen and oxygen atoms in total. The van der Waals surface area contributed by atoms with Crippen molar-refractivity contribution in [2.75, 3.05) is 17.2 Å². The highest BCUT2D eigenvalue weighted by Gasteiger charge is 2.30. The van der Waals surface area contributed by atoms with E-state index >= 15 is 0 Å². The lowest BCUT2D eigenvalue weighted by Crippen LogP contribution is -2.25. The molecule has 1 aromatic rings. The molecule has 0 radical (unpaired) electrons. The minimum Gasteiger partial charge on any atom is -0.382 e. The highest BCUT2D eigenvalue weighted by Crippen LogP contribution is 2.29. The molecule has 2 heterocycles. The van der Waals surface area contributed by atoms with E-state index in [0.29, 0.717) is 29.5 Å². The summed E-state index contributed by atoms with van der Waals surface area (Å²) in [4.78, 5) is 17.0. The molecule has 0 spiro atoms. The van der Waals surface area contributed by atoms with Gasteiger partial charge < -0.3 is 10.6 Å². The molecule has 0 aliphatic carbocycles. The number of pyridine rings is 1. The van der Waals surface area contributed by atoms with E-state index in [1.165, 1.54) is 11.1 Å². The Morgan fingerprint density at radius 1 is 1.60 bits per heavy atom. The van der Waals surface area contributed by atoms with Crippen molar-refractivity contribution in [1.82, 2.24) is 4.98 Å². The Bertz CT molecular complexity index is 410. The highest BCUT2D eigenvalue weighted by atomic mass is 35.5. The van der Waals surface area contributed by atoms with E-state index in [2.05, 4.69) is 4.98 Å². The van der Waals surface area contributed by atoms with E-state index in [0.717, 1.165) is 0 Å². The van der Waals surface area contributed by atoms with Crippen LogP contribution in [0.25, 0.3) is 0 Å². The second-order valence-electron chi connectivity index (χ2n) is 3.36. The van der Waals surface area contributed by atoms with Gasteiger partial charge in [-0.2, -0.15) is 0 Å². The Morgan fingerprint density at radius 3 is 2.93 bits per heavy atom. The number of hydrogen-bond donors (Lipinski definition) is 1. The van der Waals surface area contributed by atoms with Crippen molar-refractivity contribution in [2.45, 2.75) is 11.8 Å². The fourth-order valence-corrected chi connectivity index (χ4v) is 1.97. The number of alkyl halides is 1. The summed E-state index contributed by atoms with van der Waals surface area (Å²) in [6, 6.07) is 1.62. The van der Waals surface area contributed by atoms with Crippen molar-refractivity contribution in [3.05, 3.63) is 17.3 Å². The minimum absolute atomic E-state index is 0.0502. The molecule has 15 heavy (non-hydrogen) atoms. The molecule has 0 saturated carbocycles. The largest absolute Gasteiger partial charge is 0.382 e. The fourth-order valence-electron chi connectivity index (χ4n) is 1.55. The Morgan fingerprint density at radius 2 is 2.33 bits per heavy atom. The van der Waals surface area contributed by atoms with Crippen molar-refractivity contribution in [3.8, 4) is 0 Å². The van der Waals surface area contributed by atoms with Gasteiger partial charge in [0.2, 0.25) is 5.91 Å². The summed E-state index contributed by atoms with van der Waals surface area (Å²) < 4.78 is 0. The summed E-state index contributed by atoms with van der Waals surface area (Å²) >= 11 is 11.7. The molecule has 1 amide bonds. The third-order valence-electron chi connectivity index (χ3n) is 2.23. The first-order valence-electron chi connectivity index (χ1n) is 4.43. The van der Waals surface area contributed by atoms with E-state index in [-0.39, 0.29) is 11.3 Å². The van der Waals surface area contributed by atoms with Crippen molar-refractivity contribution in [1.29, 1.82) is 0 Å². The minimum atomic E-state index is -0.170.